The van der Waals surface area contributed by atoms with Gasteiger partial charge in [-0.1, -0.05) is 74.2 Å². The van der Waals surface area contributed by atoms with Gasteiger partial charge in [0.05, 0.1) is 65.2 Å². The van der Waals surface area contributed by atoms with E-state index in [0.29, 0.717) is 38.5 Å². The number of β-lactam (4-membered cyclic amide) rings is 1. The predicted octanol–water partition coefficient (Wildman–Crippen LogP) is 7.55. The molecule has 2 aliphatic rings. The van der Waals surface area contributed by atoms with E-state index < -0.39 is 148 Å². The minimum absolute atomic E-state index is 0.00124. The molecule has 1 aromatic heterocycles. The summed E-state index contributed by atoms with van der Waals surface area (Å²) < 4.78 is 69.8. The molecule has 35 heteroatoms. The molecule has 34 nitrogen and oxygen atoms in total. The van der Waals surface area contributed by atoms with E-state index in [1.807, 2.05) is 0 Å². The van der Waals surface area contributed by atoms with Crippen LogP contribution in [-0.4, -0.2) is 189 Å². The first-order valence-corrected chi connectivity index (χ1v) is 32.7. The number of thioether (sulfide) groups is 1. The van der Waals surface area contributed by atoms with Crippen LogP contribution in [0.2, 0.25) is 0 Å². The monoisotopic (exact) mass is 1440 g/mol. The van der Waals surface area contributed by atoms with Crippen LogP contribution in [0.5, 0.6) is 28.7 Å². The fraction of sp³-hybridized carbons (Fsp3) is 0.433. The molecule has 0 aliphatic carbocycles. The van der Waals surface area contributed by atoms with Crippen molar-refractivity contribution in [3.8, 4) is 28.7 Å². The number of fused-ring (bicyclic) bond motifs is 2. The first-order valence-electron chi connectivity index (χ1n) is 31.8. The number of esters is 1. The van der Waals surface area contributed by atoms with Crippen molar-refractivity contribution >= 4 is 95.2 Å². The molecule has 2 saturated heterocycles. The first kappa shape index (κ1) is 78.0. The molecule has 2 unspecified atom stereocenters. The van der Waals surface area contributed by atoms with Crippen LogP contribution in [0.15, 0.2) is 98.9 Å². The van der Waals surface area contributed by atoms with Gasteiger partial charge < -0.3 is 91.3 Å². The zero-order chi connectivity index (χ0) is 74.4. The third-order valence-corrected chi connectivity index (χ3v) is 17.2. The fourth-order valence-corrected chi connectivity index (χ4v) is 12.5. The van der Waals surface area contributed by atoms with Gasteiger partial charge in [-0.2, -0.15) is 0 Å². The van der Waals surface area contributed by atoms with Crippen molar-refractivity contribution in [3.05, 3.63) is 123 Å². The molecule has 548 valence electrons. The summed E-state index contributed by atoms with van der Waals surface area (Å²) in [7, 11) is 5.13. The highest BCUT2D eigenvalue weighted by Gasteiger charge is 2.65. The lowest BCUT2D eigenvalue weighted by Gasteiger charge is -2.44. The maximum Gasteiger partial charge on any atom is 0.513 e. The van der Waals surface area contributed by atoms with Crippen molar-refractivity contribution in [2.24, 2.45) is 0 Å². The molecule has 2 fully saturated rings. The number of methoxy groups -OCH3 is 5. The van der Waals surface area contributed by atoms with Crippen molar-refractivity contribution in [3.63, 3.8) is 0 Å². The van der Waals surface area contributed by atoms with Gasteiger partial charge in [0.25, 0.3) is 17.4 Å². The molecular weight excluding hydrogens is 1370 g/mol. The Labute approximate surface area is 586 Å². The van der Waals surface area contributed by atoms with Crippen LogP contribution in [0.1, 0.15) is 111 Å². The number of nitrogens with one attached hydrogen (secondary N) is 2. The summed E-state index contributed by atoms with van der Waals surface area (Å²) in [6, 6.07) is 15.8. The van der Waals surface area contributed by atoms with Crippen molar-refractivity contribution in [1.29, 1.82) is 0 Å². The summed E-state index contributed by atoms with van der Waals surface area (Å²) >= 11 is 1.20. The molecule has 2 N–H and O–H groups in total. The number of hydrogen-bond acceptors (Lipinski definition) is 29. The molecular formula is C67H76N6O28S. The molecule has 5 aromatic rings. The first-order chi connectivity index (χ1) is 48.8. The minimum Gasteiger partial charge on any atom is -0.437 e. The Bertz CT molecular complexity index is 4050. The van der Waals surface area contributed by atoms with Crippen molar-refractivity contribution in [2.45, 2.75) is 120 Å². The van der Waals surface area contributed by atoms with Gasteiger partial charge in [-0.05, 0) is 88.4 Å². The van der Waals surface area contributed by atoms with Gasteiger partial charge in [0.15, 0.2) is 34.3 Å². The van der Waals surface area contributed by atoms with Crippen LogP contribution in [0.4, 0.5) is 28.8 Å². The molecule has 7 rings (SSSR count). The Morgan fingerprint density at radius 1 is 0.578 bits per heavy atom. The van der Waals surface area contributed by atoms with Crippen LogP contribution in [0.25, 0.3) is 11.0 Å². The molecule has 2 aliphatic heterocycles. The Balaban J connectivity index is 1.09. The maximum atomic E-state index is 14.9. The molecule has 0 spiro atoms. The van der Waals surface area contributed by atoms with Gasteiger partial charge in [-0.3, -0.25) is 28.8 Å². The summed E-state index contributed by atoms with van der Waals surface area (Å²) in [6.45, 7) is 5.30. The topological polar surface area (TPSA) is 411 Å². The highest BCUT2D eigenvalue weighted by atomic mass is 32.2. The average molecular weight is 1450 g/mol. The average Bonchev–Trinajstić information content (AvgIpc) is 1.55. The number of amides is 5. The van der Waals surface area contributed by atoms with E-state index >= 15 is 0 Å². The van der Waals surface area contributed by atoms with Crippen LogP contribution in [0, 0.1) is 0 Å². The van der Waals surface area contributed by atoms with E-state index in [4.69, 9.17) is 51.8 Å². The molecule has 4 aromatic carbocycles. The van der Waals surface area contributed by atoms with Crippen LogP contribution >= 0.6 is 11.8 Å². The third kappa shape index (κ3) is 20.0. The molecule has 0 bridgehead atoms. The number of unbranched alkanes of at least 4 members (excludes halogenated alkanes) is 6. The van der Waals surface area contributed by atoms with E-state index in [-0.39, 0.29) is 79.2 Å². The predicted molar refractivity (Wildman–Crippen MR) is 353 cm³/mol. The fourth-order valence-electron chi connectivity index (χ4n) is 10.8. The summed E-state index contributed by atoms with van der Waals surface area (Å²) in [5.41, 5.74) is -1.31. The van der Waals surface area contributed by atoms with Crippen molar-refractivity contribution in [2.75, 3.05) is 68.3 Å². The smallest absolute Gasteiger partial charge is 0.437 e. The van der Waals surface area contributed by atoms with Gasteiger partial charge in [0.2, 0.25) is 24.0 Å². The van der Waals surface area contributed by atoms with E-state index in [0.717, 1.165) is 45.0 Å². The quantitative estimate of drug-likeness (QED) is 0.0108. The van der Waals surface area contributed by atoms with Crippen molar-refractivity contribution < 1.29 is 124 Å². The number of ether oxygens (including phenoxy) is 13. The van der Waals surface area contributed by atoms with Crippen LogP contribution in [-0.2, 0) is 63.6 Å². The molecule has 3 heterocycles. The highest BCUT2D eigenvalue weighted by Crippen LogP contribution is 2.51. The number of para-hydroxylation sites is 3. The van der Waals surface area contributed by atoms with Gasteiger partial charge >= 0.3 is 48.7 Å². The zero-order valence-corrected chi connectivity index (χ0v) is 57.8. The van der Waals surface area contributed by atoms with E-state index in [2.05, 4.69) is 24.8 Å². The number of benzene rings is 4. The minimum atomic E-state index is -1.51. The van der Waals surface area contributed by atoms with Crippen LogP contribution < -0.4 is 45.6 Å². The summed E-state index contributed by atoms with van der Waals surface area (Å²) in [6.07, 6.45) is -6.00. The summed E-state index contributed by atoms with van der Waals surface area (Å²) in [5.74, 6) is -8.03. The lowest BCUT2D eigenvalue weighted by atomic mass is 9.95. The van der Waals surface area contributed by atoms with E-state index in [1.54, 1.807) is 39.0 Å². The van der Waals surface area contributed by atoms with Gasteiger partial charge in [0.1, 0.15) is 23.5 Å². The zero-order valence-electron chi connectivity index (χ0n) is 57.0. The lowest BCUT2D eigenvalue weighted by Crippen LogP contribution is -2.71. The largest absolute Gasteiger partial charge is 0.513 e. The molecule has 5 amide bonds. The van der Waals surface area contributed by atoms with Gasteiger partial charge in [-0.15, -0.1) is 11.8 Å². The normalized spacial score (nSPS) is 15.2. The highest BCUT2D eigenvalue weighted by molar-refractivity contribution is 8.01. The number of aromatic nitrogens is 1. The Morgan fingerprint density at radius 3 is 1.61 bits per heavy atom. The second-order valence-electron chi connectivity index (χ2n) is 22.8. The lowest BCUT2D eigenvalue weighted by molar-refractivity contribution is -0.180. The van der Waals surface area contributed by atoms with Gasteiger partial charge in [-0.25, -0.2) is 42.9 Å². The molecule has 5 atom stereocenters. The van der Waals surface area contributed by atoms with E-state index in [1.165, 1.54) is 95.2 Å². The van der Waals surface area contributed by atoms with Gasteiger partial charge in [0, 0.05) is 37.8 Å². The number of carbonyl (C=O) groups is 12. The number of rotatable bonds is 31. The molecule has 0 saturated carbocycles. The third-order valence-electron chi connectivity index (χ3n) is 15.6. The number of nitrogens with zero attached hydrogens (tertiary/aromatic N) is 4. The van der Waals surface area contributed by atoms with E-state index in [9.17, 15) is 67.1 Å². The van der Waals surface area contributed by atoms with Crippen LogP contribution in [0.3, 0.4) is 0 Å². The maximum absolute atomic E-state index is 14.9. The molecule has 0 radical (unpaired) electrons. The second kappa shape index (κ2) is 36.6. The number of carbonyl (C=O) groups excluding carboxylic acids is 12. The molecule has 102 heavy (non-hydrogen) atoms. The second-order valence-corrected chi connectivity index (χ2v) is 24.6. The summed E-state index contributed by atoms with van der Waals surface area (Å²) in [5, 5.41) is 4.57. The Morgan fingerprint density at radius 2 is 1.07 bits per heavy atom. The Kier molecular flexibility index (Phi) is 28.0. The standard InChI is InChI=1S/C67H76N6O28S/c1-10-93-66(87)95-38(2)94-59(80)52-67(3,4)102-58-48(57(79)73(52)58)69-53(75)47(39-25-16-15-17-26-39)68-46(74)37-71(55(77)41-28-23-32-45(98-63(84)90-7)51(41)101-65(86)92-9)35-20-12-11-18-33-70(54(76)40-27-22-31-44(97-62(83)89-6)50(40)100-64(85)91-8)34-19-13-14-21-36-72-56(78)42-29-24-30-43(96-61(82)88-5)49(42)99-60(72)81/h15-17,22-32,38,47-48,52,58H,10-14,18-21,33-37H2,1-9H3,(H,68,74)(H,69,75)/t38?,47?,48-,52+,58-/m1/s1. The Hall–Kier alpha value is -11.4. The van der Waals surface area contributed by atoms with Crippen molar-refractivity contribution in [1.82, 2.24) is 29.9 Å². The number of hydrogen-bond donors (Lipinski definition) is 2. The summed E-state index contributed by atoms with van der Waals surface area (Å²) in [4.78, 5) is 190. The SMILES string of the molecule is CCOC(=O)OC(C)OC(=O)[C@@H]1N2C(=O)[C@@H](NC(=O)C(NC(=O)CN(CCCCCCN(CCCCCCn3c(=O)oc4c(OC(=O)OC)cccc4c3=O)C(=O)c3cccc(OC(=O)OC)c3OC(=O)OC)C(=O)c3cccc(OC(=O)OC)c3OC(=O)OC)c3ccccc3)[C@H]2SC1(C)C.